The summed E-state index contributed by atoms with van der Waals surface area (Å²) in [5.41, 5.74) is 0. The van der Waals surface area contributed by atoms with E-state index in [1.165, 1.54) is 0 Å². The van der Waals surface area contributed by atoms with Crippen LogP contribution in [0.4, 0.5) is 0 Å². The summed E-state index contributed by atoms with van der Waals surface area (Å²) in [6.07, 6.45) is -1.68. The summed E-state index contributed by atoms with van der Waals surface area (Å²) in [4.78, 5) is 0. The maximum atomic E-state index is 9.65. The Kier molecular flexibility index (Phi) is 7.16. The van der Waals surface area contributed by atoms with Crippen molar-refractivity contribution in [3.63, 3.8) is 0 Å². The first-order valence-electron chi connectivity index (χ1n) is 5.79. The third-order valence-corrected chi connectivity index (χ3v) is 2.93. The number of aliphatic hydroxyl groups is 4. The van der Waals surface area contributed by atoms with Gasteiger partial charge in [0.25, 0.3) is 0 Å². The molecule has 0 amide bonds. The van der Waals surface area contributed by atoms with Crippen molar-refractivity contribution in [1.29, 1.82) is 0 Å². The quantitative estimate of drug-likeness (QED) is 0.306. The Labute approximate surface area is 111 Å². The Hall–Kier alpha value is -0.150. The second-order valence-electron chi connectivity index (χ2n) is 4.01. The monoisotopic (exact) mass is 280 g/mol. The standard InChI is InChI=1S/C11H20O6S/c12-6-7-8(13)9(14)10(15)11(17-7)16-4-2-1-3-5-18/h1-2,7-15,18H,3-6H2/b2-1+/t7?,8-,9?,10?,11+/m0/s1. The average molecular weight is 280 g/mol. The van der Waals surface area contributed by atoms with E-state index in [9.17, 15) is 15.3 Å². The molecule has 1 fully saturated rings. The number of ether oxygens (including phenoxy) is 2. The first-order valence-corrected chi connectivity index (χ1v) is 6.43. The van der Waals surface area contributed by atoms with Crippen molar-refractivity contribution in [3.8, 4) is 0 Å². The van der Waals surface area contributed by atoms with Crippen LogP contribution in [0.5, 0.6) is 0 Å². The third kappa shape index (κ3) is 4.20. The number of aliphatic hydroxyl groups excluding tert-OH is 4. The zero-order chi connectivity index (χ0) is 13.5. The van der Waals surface area contributed by atoms with Crippen LogP contribution >= 0.6 is 12.6 Å². The molecule has 0 spiro atoms. The first-order chi connectivity index (χ1) is 8.61. The maximum absolute atomic E-state index is 9.65. The molecule has 0 aromatic rings. The van der Waals surface area contributed by atoms with Gasteiger partial charge in [-0.2, -0.15) is 12.6 Å². The van der Waals surface area contributed by atoms with Crippen LogP contribution in [0.1, 0.15) is 6.42 Å². The van der Waals surface area contributed by atoms with Gasteiger partial charge in [0.1, 0.15) is 24.4 Å². The summed E-state index contributed by atoms with van der Waals surface area (Å²) in [6, 6.07) is 0. The van der Waals surface area contributed by atoms with Gasteiger partial charge in [-0.25, -0.2) is 0 Å². The average Bonchev–Trinajstić information content (AvgIpc) is 2.38. The number of rotatable bonds is 6. The summed E-state index contributed by atoms with van der Waals surface area (Å²) < 4.78 is 10.4. The Balaban J connectivity index is 2.44. The summed E-state index contributed by atoms with van der Waals surface area (Å²) in [5.74, 6) is 0.733. The number of allylic oxidation sites excluding steroid dienone is 1. The highest BCUT2D eigenvalue weighted by atomic mass is 32.1. The van der Waals surface area contributed by atoms with Crippen molar-refractivity contribution in [3.05, 3.63) is 12.2 Å². The summed E-state index contributed by atoms with van der Waals surface area (Å²) in [7, 11) is 0. The fourth-order valence-electron chi connectivity index (χ4n) is 1.62. The molecule has 3 unspecified atom stereocenters. The zero-order valence-electron chi connectivity index (χ0n) is 9.92. The van der Waals surface area contributed by atoms with Gasteiger partial charge in [-0.3, -0.25) is 0 Å². The lowest BCUT2D eigenvalue weighted by Gasteiger charge is -2.39. The molecule has 0 aromatic carbocycles. The Morgan fingerprint density at radius 2 is 1.83 bits per heavy atom. The van der Waals surface area contributed by atoms with E-state index in [-0.39, 0.29) is 6.61 Å². The van der Waals surface area contributed by atoms with Crippen molar-refractivity contribution in [2.45, 2.75) is 37.1 Å². The van der Waals surface area contributed by atoms with Crippen LogP contribution in [0.3, 0.4) is 0 Å². The highest BCUT2D eigenvalue weighted by Gasteiger charge is 2.43. The van der Waals surface area contributed by atoms with Gasteiger partial charge in [0.15, 0.2) is 6.29 Å². The molecule has 0 saturated carbocycles. The van der Waals surface area contributed by atoms with E-state index in [1.54, 1.807) is 6.08 Å². The molecule has 4 N–H and O–H groups in total. The van der Waals surface area contributed by atoms with E-state index in [0.29, 0.717) is 0 Å². The van der Waals surface area contributed by atoms with Crippen molar-refractivity contribution < 1.29 is 29.9 Å². The van der Waals surface area contributed by atoms with Gasteiger partial charge in [0.05, 0.1) is 13.2 Å². The lowest BCUT2D eigenvalue weighted by molar-refractivity contribution is -0.298. The second kappa shape index (κ2) is 8.11. The van der Waals surface area contributed by atoms with Gasteiger partial charge in [-0.05, 0) is 12.2 Å². The topological polar surface area (TPSA) is 99.4 Å². The molecule has 106 valence electrons. The predicted molar refractivity (Wildman–Crippen MR) is 67.3 cm³/mol. The third-order valence-electron chi connectivity index (χ3n) is 2.67. The van der Waals surface area contributed by atoms with Gasteiger partial charge in [-0.1, -0.05) is 12.2 Å². The molecule has 0 aromatic heterocycles. The van der Waals surface area contributed by atoms with E-state index >= 15 is 0 Å². The minimum atomic E-state index is -1.40. The van der Waals surface area contributed by atoms with Crippen LogP contribution in [0, 0.1) is 0 Å². The first kappa shape index (κ1) is 15.9. The fraction of sp³-hybridized carbons (Fsp3) is 0.818. The number of hydrogen-bond donors (Lipinski definition) is 5. The molecule has 18 heavy (non-hydrogen) atoms. The predicted octanol–water partition coefficient (Wildman–Crippen LogP) is -1.32. The molecule has 1 saturated heterocycles. The van der Waals surface area contributed by atoms with E-state index < -0.39 is 37.3 Å². The van der Waals surface area contributed by atoms with Crippen LogP contribution in [0.15, 0.2) is 12.2 Å². The van der Waals surface area contributed by atoms with Gasteiger partial charge in [-0.15, -0.1) is 0 Å². The van der Waals surface area contributed by atoms with Crippen LogP contribution in [-0.4, -0.2) is 70.1 Å². The summed E-state index contributed by atoms with van der Waals surface area (Å²) >= 11 is 4.04. The zero-order valence-corrected chi connectivity index (χ0v) is 10.8. The molecular weight excluding hydrogens is 260 g/mol. The minimum absolute atomic E-state index is 0.205. The maximum Gasteiger partial charge on any atom is 0.187 e. The molecule has 1 heterocycles. The highest BCUT2D eigenvalue weighted by molar-refractivity contribution is 7.80. The number of thiol groups is 1. The lowest BCUT2D eigenvalue weighted by atomic mass is 9.99. The van der Waals surface area contributed by atoms with Crippen LogP contribution in [-0.2, 0) is 9.47 Å². The lowest BCUT2D eigenvalue weighted by Crippen LogP contribution is -2.59. The van der Waals surface area contributed by atoms with Gasteiger partial charge < -0.3 is 29.9 Å². The van der Waals surface area contributed by atoms with Gasteiger partial charge in [0, 0.05) is 0 Å². The molecule has 1 rings (SSSR count). The molecule has 0 bridgehead atoms. The number of hydrogen-bond acceptors (Lipinski definition) is 7. The van der Waals surface area contributed by atoms with Gasteiger partial charge in [0.2, 0.25) is 0 Å². The van der Waals surface area contributed by atoms with E-state index in [0.717, 1.165) is 12.2 Å². The van der Waals surface area contributed by atoms with Crippen LogP contribution in [0.25, 0.3) is 0 Å². The van der Waals surface area contributed by atoms with Crippen LogP contribution in [0.2, 0.25) is 0 Å². The second-order valence-corrected chi connectivity index (χ2v) is 4.46. The minimum Gasteiger partial charge on any atom is -0.394 e. The SMILES string of the molecule is OCC1O[C@@H](OC/C=C/CCS)C(O)C(O)[C@H]1O. The van der Waals surface area contributed by atoms with Gasteiger partial charge >= 0.3 is 0 Å². The highest BCUT2D eigenvalue weighted by Crippen LogP contribution is 2.21. The molecule has 7 heteroatoms. The van der Waals surface area contributed by atoms with E-state index in [1.807, 2.05) is 6.08 Å². The van der Waals surface area contributed by atoms with E-state index in [4.69, 9.17) is 14.6 Å². The van der Waals surface area contributed by atoms with E-state index in [2.05, 4.69) is 12.6 Å². The van der Waals surface area contributed by atoms with Crippen molar-refractivity contribution in [2.24, 2.45) is 0 Å². The smallest absolute Gasteiger partial charge is 0.187 e. The molecule has 1 aliphatic heterocycles. The molecular formula is C11H20O6S. The normalized spacial score (nSPS) is 37.3. The largest absolute Gasteiger partial charge is 0.394 e. The van der Waals surface area contributed by atoms with Crippen molar-refractivity contribution >= 4 is 12.6 Å². The molecule has 1 aliphatic rings. The Bertz CT molecular complexity index is 260. The van der Waals surface area contributed by atoms with Crippen molar-refractivity contribution in [1.82, 2.24) is 0 Å². The molecule has 5 atom stereocenters. The van der Waals surface area contributed by atoms with Crippen LogP contribution < -0.4 is 0 Å². The Morgan fingerprint density at radius 3 is 2.44 bits per heavy atom. The Morgan fingerprint density at radius 1 is 1.11 bits per heavy atom. The molecule has 0 radical (unpaired) electrons. The van der Waals surface area contributed by atoms with Crippen molar-refractivity contribution in [2.75, 3.05) is 19.0 Å². The molecule has 6 nitrogen and oxygen atoms in total. The summed E-state index contributed by atoms with van der Waals surface area (Å²) in [5, 5.41) is 37.7. The molecule has 0 aliphatic carbocycles. The summed E-state index contributed by atoms with van der Waals surface area (Å²) in [6.45, 7) is -0.253. The fourth-order valence-corrected chi connectivity index (χ4v) is 1.77.